The molecule has 1 aliphatic rings. The molecule has 0 aromatic carbocycles. The molecule has 1 saturated carbocycles. The summed E-state index contributed by atoms with van der Waals surface area (Å²) >= 11 is 0. The molecule has 1 amide bonds. The monoisotopic (exact) mass is 210 g/mol. The van der Waals surface area contributed by atoms with Gasteiger partial charge in [-0.15, -0.1) is 0 Å². The number of rotatable bonds is 1. The second-order valence-electron chi connectivity index (χ2n) is 3.55. The lowest BCUT2D eigenvalue weighted by Gasteiger charge is -2.31. The molecular weight excluding hydrogens is 197 g/mol. The van der Waals surface area contributed by atoms with E-state index in [9.17, 15) is 18.0 Å². The SMILES string of the molecule is NNC(=O)C1CCCCC1C(F)(F)F. The predicted molar refractivity (Wildman–Crippen MR) is 43.8 cm³/mol. The van der Waals surface area contributed by atoms with Crippen LogP contribution in [0, 0.1) is 11.8 Å². The first-order valence-corrected chi connectivity index (χ1v) is 4.54. The smallest absolute Gasteiger partial charge is 0.294 e. The number of nitrogens with one attached hydrogen (secondary N) is 1. The van der Waals surface area contributed by atoms with E-state index >= 15 is 0 Å². The van der Waals surface area contributed by atoms with Crippen LogP contribution in [0.5, 0.6) is 0 Å². The van der Waals surface area contributed by atoms with Crippen LogP contribution in [0.15, 0.2) is 0 Å². The Morgan fingerprint density at radius 1 is 1.29 bits per heavy atom. The number of amides is 1. The Morgan fingerprint density at radius 3 is 2.36 bits per heavy atom. The Labute approximate surface area is 79.8 Å². The zero-order chi connectivity index (χ0) is 10.8. The third-order valence-corrected chi connectivity index (χ3v) is 2.67. The van der Waals surface area contributed by atoms with Crippen molar-refractivity contribution in [1.82, 2.24) is 5.43 Å². The van der Waals surface area contributed by atoms with Gasteiger partial charge in [-0.1, -0.05) is 12.8 Å². The van der Waals surface area contributed by atoms with Crippen LogP contribution in [-0.2, 0) is 4.79 Å². The average molecular weight is 210 g/mol. The molecule has 3 nitrogen and oxygen atoms in total. The zero-order valence-corrected chi connectivity index (χ0v) is 7.60. The van der Waals surface area contributed by atoms with Gasteiger partial charge in [-0.05, 0) is 12.8 Å². The maximum atomic E-state index is 12.5. The minimum atomic E-state index is -4.29. The fraction of sp³-hybridized carbons (Fsp3) is 0.875. The molecule has 14 heavy (non-hydrogen) atoms. The summed E-state index contributed by atoms with van der Waals surface area (Å²) in [4.78, 5) is 11.1. The molecule has 1 aliphatic carbocycles. The molecule has 82 valence electrons. The lowest BCUT2D eigenvalue weighted by molar-refractivity contribution is -0.198. The maximum Gasteiger partial charge on any atom is 0.392 e. The first-order valence-electron chi connectivity index (χ1n) is 4.54. The lowest BCUT2D eigenvalue weighted by Crippen LogP contribution is -2.44. The number of nitrogens with two attached hydrogens (primary N) is 1. The van der Waals surface area contributed by atoms with Crippen molar-refractivity contribution in [1.29, 1.82) is 0 Å². The van der Waals surface area contributed by atoms with Crippen molar-refractivity contribution in [2.75, 3.05) is 0 Å². The van der Waals surface area contributed by atoms with Crippen LogP contribution in [0.2, 0.25) is 0 Å². The van der Waals surface area contributed by atoms with Crippen molar-refractivity contribution in [3.63, 3.8) is 0 Å². The van der Waals surface area contributed by atoms with E-state index in [4.69, 9.17) is 5.84 Å². The Bertz CT molecular complexity index is 217. The van der Waals surface area contributed by atoms with Crippen molar-refractivity contribution in [2.45, 2.75) is 31.9 Å². The molecule has 1 fully saturated rings. The fourth-order valence-electron chi connectivity index (χ4n) is 1.94. The molecule has 2 unspecified atom stereocenters. The standard InChI is InChI=1S/C8H13F3N2O/c9-8(10,11)6-4-2-1-3-5(6)7(14)13-12/h5-6H,1-4,12H2,(H,13,14). The molecule has 0 radical (unpaired) electrons. The van der Waals surface area contributed by atoms with Crippen LogP contribution in [0.3, 0.4) is 0 Å². The van der Waals surface area contributed by atoms with Gasteiger partial charge in [0.25, 0.3) is 0 Å². The predicted octanol–water partition coefficient (Wildman–Crippen LogP) is 1.34. The molecule has 3 N–H and O–H groups in total. The van der Waals surface area contributed by atoms with Gasteiger partial charge in [0.2, 0.25) is 5.91 Å². The van der Waals surface area contributed by atoms with Crippen LogP contribution >= 0.6 is 0 Å². The summed E-state index contributed by atoms with van der Waals surface area (Å²) in [7, 11) is 0. The minimum absolute atomic E-state index is 0.0294. The molecule has 0 bridgehead atoms. The Balaban J connectivity index is 2.74. The van der Waals surface area contributed by atoms with Gasteiger partial charge in [0.1, 0.15) is 0 Å². The largest absolute Gasteiger partial charge is 0.392 e. The van der Waals surface area contributed by atoms with Gasteiger partial charge in [0, 0.05) is 0 Å². The Hall–Kier alpha value is -0.780. The average Bonchev–Trinajstić information content (AvgIpc) is 2.15. The summed E-state index contributed by atoms with van der Waals surface area (Å²) in [5.41, 5.74) is 1.80. The van der Waals surface area contributed by atoms with E-state index in [1.807, 2.05) is 0 Å². The number of hydrazine groups is 1. The van der Waals surface area contributed by atoms with Crippen molar-refractivity contribution in [3.05, 3.63) is 0 Å². The van der Waals surface area contributed by atoms with Crippen molar-refractivity contribution >= 4 is 5.91 Å². The fourth-order valence-corrected chi connectivity index (χ4v) is 1.94. The summed E-state index contributed by atoms with van der Waals surface area (Å²) in [6, 6.07) is 0. The second-order valence-corrected chi connectivity index (χ2v) is 3.55. The number of alkyl halides is 3. The third-order valence-electron chi connectivity index (χ3n) is 2.67. The van der Waals surface area contributed by atoms with Gasteiger partial charge in [-0.3, -0.25) is 10.2 Å². The first-order chi connectivity index (χ1) is 6.46. The van der Waals surface area contributed by atoms with E-state index in [0.29, 0.717) is 12.8 Å². The van der Waals surface area contributed by atoms with E-state index in [-0.39, 0.29) is 12.8 Å². The second kappa shape index (κ2) is 4.16. The first kappa shape index (κ1) is 11.3. The highest BCUT2D eigenvalue weighted by Gasteiger charge is 2.47. The number of hydrogen-bond acceptors (Lipinski definition) is 2. The van der Waals surface area contributed by atoms with Crippen LogP contribution < -0.4 is 11.3 Å². The summed E-state index contributed by atoms with van der Waals surface area (Å²) in [5, 5.41) is 0. The number of hydrogen-bond donors (Lipinski definition) is 2. The third kappa shape index (κ3) is 2.37. The number of carbonyl (C=O) groups is 1. The number of carbonyl (C=O) groups excluding carboxylic acids is 1. The molecule has 0 aromatic rings. The Kier molecular flexibility index (Phi) is 3.36. The van der Waals surface area contributed by atoms with Gasteiger partial charge in [-0.25, -0.2) is 5.84 Å². The van der Waals surface area contributed by atoms with Gasteiger partial charge in [-0.2, -0.15) is 13.2 Å². The molecule has 0 saturated heterocycles. The molecular formula is C8H13F3N2O. The lowest BCUT2D eigenvalue weighted by atomic mass is 9.78. The van der Waals surface area contributed by atoms with Gasteiger partial charge < -0.3 is 0 Å². The Morgan fingerprint density at radius 2 is 1.86 bits per heavy atom. The maximum absolute atomic E-state index is 12.5. The number of halogens is 3. The van der Waals surface area contributed by atoms with Crippen LogP contribution in [-0.4, -0.2) is 12.1 Å². The van der Waals surface area contributed by atoms with Crippen LogP contribution in [0.4, 0.5) is 13.2 Å². The highest BCUT2D eigenvalue weighted by atomic mass is 19.4. The van der Waals surface area contributed by atoms with Crippen molar-refractivity contribution < 1.29 is 18.0 Å². The molecule has 0 aliphatic heterocycles. The highest BCUT2D eigenvalue weighted by molar-refractivity contribution is 5.78. The van der Waals surface area contributed by atoms with Crippen molar-refractivity contribution in [3.8, 4) is 0 Å². The zero-order valence-electron chi connectivity index (χ0n) is 7.60. The van der Waals surface area contributed by atoms with Crippen LogP contribution in [0.1, 0.15) is 25.7 Å². The van der Waals surface area contributed by atoms with Gasteiger partial charge >= 0.3 is 6.18 Å². The van der Waals surface area contributed by atoms with E-state index in [1.165, 1.54) is 0 Å². The van der Waals surface area contributed by atoms with E-state index < -0.39 is 23.9 Å². The van der Waals surface area contributed by atoms with E-state index in [1.54, 1.807) is 5.43 Å². The molecule has 0 spiro atoms. The summed E-state index contributed by atoms with van der Waals surface area (Å²) in [6.45, 7) is 0. The summed E-state index contributed by atoms with van der Waals surface area (Å²) < 4.78 is 37.4. The molecule has 2 atom stereocenters. The van der Waals surface area contributed by atoms with E-state index in [0.717, 1.165) is 0 Å². The molecule has 1 rings (SSSR count). The topological polar surface area (TPSA) is 55.1 Å². The normalized spacial score (nSPS) is 28.6. The summed E-state index contributed by atoms with van der Waals surface area (Å²) in [5.74, 6) is 1.61. The van der Waals surface area contributed by atoms with Gasteiger partial charge in [0.05, 0.1) is 11.8 Å². The van der Waals surface area contributed by atoms with Crippen LogP contribution in [0.25, 0.3) is 0 Å². The molecule has 0 aromatic heterocycles. The molecule has 6 heteroatoms. The minimum Gasteiger partial charge on any atom is -0.294 e. The summed E-state index contributed by atoms with van der Waals surface area (Å²) in [6.07, 6.45) is -2.81. The molecule has 0 heterocycles. The van der Waals surface area contributed by atoms with Gasteiger partial charge in [0.15, 0.2) is 0 Å². The quantitative estimate of drug-likeness (QED) is 0.390. The highest BCUT2D eigenvalue weighted by Crippen LogP contribution is 2.41. The van der Waals surface area contributed by atoms with Crippen molar-refractivity contribution in [2.24, 2.45) is 17.7 Å². The van der Waals surface area contributed by atoms with E-state index in [2.05, 4.69) is 0 Å².